The zero-order valence-electron chi connectivity index (χ0n) is 12.9. The van der Waals surface area contributed by atoms with E-state index in [4.69, 9.17) is 0 Å². The summed E-state index contributed by atoms with van der Waals surface area (Å²) < 4.78 is 1.34. The third-order valence-corrected chi connectivity index (χ3v) is 4.62. The Kier molecular flexibility index (Phi) is 4.71. The zero-order valence-corrected chi connectivity index (χ0v) is 13.8. The van der Waals surface area contributed by atoms with Crippen molar-refractivity contribution in [2.45, 2.75) is 25.3 Å². The monoisotopic (exact) mass is 333 g/mol. The molecule has 0 aromatic carbocycles. The second kappa shape index (κ2) is 6.91. The first-order chi connectivity index (χ1) is 11.1. The molecule has 23 heavy (non-hydrogen) atoms. The van der Waals surface area contributed by atoms with Gasteiger partial charge in [0.05, 0.1) is 5.51 Å². The summed E-state index contributed by atoms with van der Waals surface area (Å²) in [5.74, 6) is 0.630. The number of piperidine rings is 1. The minimum atomic E-state index is -0.148. The van der Waals surface area contributed by atoms with Crippen LogP contribution in [0.15, 0.2) is 27.8 Å². The lowest BCUT2D eigenvalue weighted by molar-refractivity contribution is 0.0945. The Morgan fingerprint density at radius 2 is 2.30 bits per heavy atom. The Labute approximate surface area is 138 Å². The smallest absolute Gasteiger partial charge is 0.270 e. The SMILES string of the molecule is Cn1nc(N2CCCCC2CNC(=O)c2cscn2)ccc1=O. The summed E-state index contributed by atoms with van der Waals surface area (Å²) in [5, 5.41) is 9.02. The molecule has 1 N–H and O–H groups in total. The molecule has 1 atom stereocenters. The first-order valence-electron chi connectivity index (χ1n) is 7.62. The fourth-order valence-electron chi connectivity index (χ4n) is 2.78. The highest BCUT2D eigenvalue weighted by molar-refractivity contribution is 7.07. The molecule has 0 radical (unpaired) electrons. The lowest BCUT2D eigenvalue weighted by Crippen LogP contribution is -2.47. The van der Waals surface area contributed by atoms with Crippen LogP contribution in [0, 0.1) is 0 Å². The first-order valence-corrected chi connectivity index (χ1v) is 8.57. The van der Waals surface area contributed by atoms with Crippen molar-refractivity contribution in [2.24, 2.45) is 7.05 Å². The Bertz CT molecular complexity index is 728. The molecule has 1 amide bonds. The number of amides is 1. The van der Waals surface area contributed by atoms with Crippen molar-refractivity contribution in [1.29, 1.82) is 0 Å². The molecule has 1 saturated heterocycles. The van der Waals surface area contributed by atoms with Crippen LogP contribution < -0.4 is 15.8 Å². The van der Waals surface area contributed by atoms with Crippen molar-refractivity contribution >= 4 is 23.1 Å². The normalized spacial score (nSPS) is 18.0. The van der Waals surface area contributed by atoms with Crippen molar-refractivity contribution in [2.75, 3.05) is 18.0 Å². The molecule has 2 aromatic heterocycles. The van der Waals surface area contributed by atoms with Crippen LogP contribution in [0.4, 0.5) is 5.82 Å². The molecule has 122 valence electrons. The van der Waals surface area contributed by atoms with Crippen LogP contribution in [0.1, 0.15) is 29.8 Å². The van der Waals surface area contributed by atoms with Gasteiger partial charge in [0.15, 0.2) is 0 Å². The third-order valence-electron chi connectivity index (χ3n) is 4.03. The van der Waals surface area contributed by atoms with Crippen molar-refractivity contribution < 1.29 is 4.79 Å². The molecule has 1 unspecified atom stereocenters. The van der Waals surface area contributed by atoms with Gasteiger partial charge in [0, 0.05) is 37.6 Å². The number of aryl methyl sites for hydroxylation is 1. The summed E-state index contributed by atoms with van der Waals surface area (Å²) in [4.78, 5) is 29.7. The fourth-order valence-corrected chi connectivity index (χ4v) is 3.32. The van der Waals surface area contributed by atoms with Gasteiger partial charge < -0.3 is 10.2 Å². The Balaban J connectivity index is 1.70. The summed E-state index contributed by atoms with van der Waals surface area (Å²) in [6.07, 6.45) is 3.20. The molecule has 1 aliphatic rings. The maximum Gasteiger partial charge on any atom is 0.270 e. The number of nitrogens with one attached hydrogen (secondary N) is 1. The van der Waals surface area contributed by atoms with Crippen LogP contribution in [0.2, 0.25) is 0 Å². The maximum absolute atomic E-state index is 12.0. The molecule has 7 nitrogen and oxygen atoms in total. The molecule has 1 aliphatic heterocycles. The zero-order chi connectivity index (χ0) is 16.2. The average Bonchev–Trinajstić information content (AvgIpc) is 3.10. The highest BCUT2D eigenvalue weighted by atomic mass is 32.1. The predicted molar refractivity (Wildman–Crippen MR) is 88.9 cm³/mol. The van der Waals surface area contributed by atoms with Crippen molar-refractivity contribution in [3.8, 4) is 0 Å². The van der Waals surface area contributed by atoms with E-state index >= 15 is 0 Å². The highest BCUT2D eigenvalue weighted by Gasteiger charge is 2.24. The molecular formula is C15H19N5O2S. The summed E-state index contributed by atoms with van der Waals surface area (Å²) >= 11 is 1.41. The first kappa shape index (κ1) is 15.7. The quantitative estimate of drug-likeness (QED) is 0.904. The van der Waals surface area contributed by atoms with E-state index in [2.05, 4.69) is 20.3 Å². The van der Waals surface area contributed by atoms with Gasteiger partial charge in [0.2, 0.25) is 0 Å². The largest absolute Gasteiger partial charge is 0.350 e. The van der Waals surface area contributed by atoms with Gasteiger partial charge in [-0.25, -0.2) is 9.67 Å². The summed E-state index contributed by atoms with van der Waals surface area (Å²) in [6, 6.07) is 3.46. The van der Waals surface area contributed by atoms with E-state index in [0.717, 1.165) is 31.6 Å². The van der Waals surface area contributed by atoms with Gasteiger partial charge in [-0.05, 0) is 25.3 Å². The average molecular weight is 333 g/mol. The number of nitrogens with zero attached hydrogens (tertiary/aromatic N) is 4. The second-order valence-corrected chi connectivity index (χ2v) is 6.30. The number of carbonyl (C=O) groups excluding carboxylic acids is 1. The predicted octanol–water partition coefficient (Wildman–Crippen LogP) is 1.03. The molecule has 8 heteroatoms. The van der Waals surface area contributed by atoms with E-state index in [1.54, 1.807) is 24.0 Å². The van der Waals surface area contributed by atoms with Crippen molar-refractivity contribution in [1.82, 2.24) is 20.1 Å². The molecule has 3 heterocycles. The number of anilines is 1. The van der Waals surface area contributed by atoms with E-state index in [1.807, 2.05) is 0 Å². The lowest BCUT2D eigenvalue weighted by Gasteiger charge is -2.36. The van der Waals surface area contributed by atoms with Crippen LogP contribution >= 0.6 is 11.3 Å². The van der Waals surface area contributed by atoms with Gasteiger partial charge in [0.25, 0.3) is 11.5 Å². The third kappa shape index (κ3) is 3.58. The van der Waals surface area contributed by atoms with Crippen LogP contribution in [-0.2, 0) is 7.05 Å². The summed E-state index contributed by atoms with van der Waals surface area (Å²) in [7, 11) is 1.65. The van der Waals surface area contributed by atoms with E-state index in [9.17, 15) is 9.59 Å². The minimum absolute atomic E-state index is 0.126. The second-order valence-electron chi connectivity index (χ2n) is 5.58. The fraction of sp³-hybridized carbons (Fsp3) is 0.467. The molecule has 0 saturated carbocycles. The van der Waals surface area contributed by atoms with Crippen LogP contribution in [0.3, 0.4) is 0 Å². The topological polar surface area (TPSA) is 80.1 Å². The van der Waals surface area contributed by atoms with Crippen molar-refractivity contribution in [3.05, 3.63) is 39.1 Å². The van der Waals surface area contributed by atoms with E-state index < -0.39 is 0 Å². The van der Waals surface area contributed by atoms with Crippen LogP contribution in [-0.4, -0.2) is 39.8 Å². The van der Waals surface area contributed by atoms with Crippen LogP contribution in [0.25, 0.3) is 0 Å². The lowest BCUT2D eigenvalue weighted by atomic mass is 10.0. The molecule has 2 aromatic rings. The maximum atomic E-state index is 12.0. The van der Waals surface area contributed by atoms with Gasteiger partial charge in [-0.15, -0.1) is 11.3 Å². The van der Waals surface area contributed by atoms with E-state index in [0.29, 0.717) is 12.2 Å². The highest BCUT2D eigenvalue weighted by Crippen LogP contribution is 2.22. The number of hydrogen-bond acceptors (Lipinski definition) is 6. The number of hydrogen-bond donors (Lipinski definition) is 1. The Morgan fingerprint density at radius 3 is 3.04 bits per heavy atom. The van der Waals surface area contributed by atoms with Gasteiger partial charge in [0.1, 0.15) is 11.5 Å². The minimum Gasteiger partial charge on any atom is -0.350 e. The standard InChI is InChI=1S/C15H19N5O2S/c1-19-14(21)6-5-13(18-19)20-7-3-2-4-11(20)8-16-15(22)12-9-23-10-17-12/h5-6,9-11H,2-4,7-8H2,1H3,(H,16,22). The molecule has 0 spiro atoms. The molecule has 3 rings (SSSR count). The van der Waals surface area contributed by atoms with Gasteiger partial charge in [-0.1, -0.05) is 0 Å². The molecule has 0 aliphatic carbocycles. The van der Waals surface area contributed by atoms with E-state index in [-0.39, 0.29) is 17.5 Å². The molecule has 1 fully saturated rings. The Hall–Kier alpha value is -2.22. The Morgan fingerprint density at radius 1 is 1.43 bits per heavy atom. The summed E-state index contributed by atoms with van der Waals surface area (Å²) in [6.45, 7) is 1.42. The van der Waals surface area contributed by atoms with Crippen LogP contribution in [0.5, 0.6) is 0 Å². The number of carbonyl (C=O) groups is 1. The number of thiazole rings is 1. The van der Waals surface area contributed by atoms with Gasteiger partial charge >= 0.3 is 0 Å². The molecule has 0 bridgehead atoms. The number of rotatable bonds is 4. The number of aromatic nitrogens is 3. The van der Waals surface area contributed by atoms with E-state index in [1.165, 1.54) is 22.1 Å². The molecular weight excluding hydrogens is 314 g/mol. The van der Waals surface area contributed by atoms with Gasteiger partial charge in [-0.2, -0.15) is 5.10 Å². The van der Waals surface area contributed by atoms with Crippen molar-refractivity contribution in [3.63, 3.8) is 0 Å². The summed E-state index contributed by atoms with van der Waals surface area (Å²) in [5.41, 5.74) is 1.98. The van der Waals surface area contributed by atoms with Gasteiger partial charge in [-0.3, -0.25) is 9.59 Å².